The zero-order chi connectivity index (χ0) is 17.1. The van der Waals surface area contributed by atoms with Crippen molar-refractivity contribution in [3.8, 4) is 5.88 Å². The Hall–Kier alpha value is -2.60. The molecule has 0 aliphatic carbocycles. The Balaban J connectivity index is 1.60. The first-order valence-corrected chi connectivity index (χ1v) is 7.99. The number of nitrogens with one attached hydrogen (secondary N) is 1. The molecule has 0 unspecified atom stereocenters. The number of hydrogen-bond donors (Lipinski definition) is 1. The van der Waals surface area contributed by atoms with E-state index in [9.17, 15) is 4.79 Å². The Morgan fingerprint density at radius 3 is 2.71 bits per heavy atom. The van der Waals surface area contributed by atoms with E-state index in [0.717, 1.165) is 23.1 Å². The summed E-state index contributed by atoms with van der Waals surface area (Å²) in [5.74, 6) is 0.632. The molecule has 6 heteroatoms. The number of benzene rings is 1. The largest absolute Gasteiger partial charge is 0.473 e. The first kappa shape index (κ1) is 16.3. The van der Waals surface area contributed by atoms with Crippen LogP contribution in [0.2, 0.25) is 0 Å². The SMILES string of the molecule is C[C@@H](CNCc1ccc2c(c1)n(C)c(=O)n2C)Oc1ccccn1. The van der Waals surface area contributed by atoms with Crippen molar-refractivity contribution in [1.82, 2.24) is 19.4 Å². The van der Waals surface area contributed by atoms with Crippen molar-refractivity contribution in [3.63, 3.8) is 0 Å². The molecule has 24 heavy (non-hydrogen) atoms. The summed E-state index contributed by atoms with van der Waals surface area (Å²) in [7, 11) is 3.59. The summed E-state index contributed by atoms with van der Waals surface area (Å²) < 4.78 is 9.07. The molecule has 3 aromatic rings. The molecular weight excluding hydrogens is 304 g/mol. The van der Waals surface area contributed by atoms with Crippen molar-refractivity contribution >= 4 is 11.0 Å². The van der Waals surface area contributed by atoms with Gasteiger partial charge in [0.2, 0.25) is 5.88 Å². The van der Waals surface area contributed by atoms with Gasteiger partial charge in [-0.3, -0.25) is 9.13 Å². The van der Waals surface area contributed by atoms with Gasteiger partial charge in [0.05, 0.1) is 11.0 Å². The lowest BCUT2D eigenvalue weighted by Gasteiger charge is -2.14. The fourth-order valence-electron chi connectivity index (χ4n) is 2.75. The predicted octanol–water partition coefficient (Wildman–Crippen LogP) is 1.83. The van der Waals surface area contributed by atoms with Gasteiger partial charge in [-0.05, 0) is 30.7 Å². The van der Waals surface area contributed by atoms with Gasteiger partial charge in [0.25, 0.3) is 0 Å². The number of fused-ring (bicyclic) bond motifs is 1. The van der Waals surface area contributed by atoms with Gasteiger partial charge in [0, 0.05) is 39.4 Å². The van der Waals surface area contributed by atoms with Crippen LogP contribution in [0.25, 0.3) is 11.0 Å². The van der Waals surface area contributed by atoms with E-state index in [1.54, 1.807) is 29.4 Å². The average Bonchev–Trinajstić information content (AvgIpc) is 2.80. The van der Waals surface area contributed by atoms with Crippen LogP contribution in [-0.2, 0) is 20.6 Å². The van der Waals surface area contributed by atoms with Crippen LogP contribution in [0.5, 0.6) is 5.88 Å². The van der Waals surface area contributed by atoms with Gasteiger partial charge in [-0.2, -0.15) is 0 Å². The molecule has 0 aliphatic heterocycles. The number of hydrogen-bond acceptors (Lipinski definition) is 4. The highest BCUT2D eigenvalue weighted by atomic mass is 16.5. The topological polar surface area (TPSA) is 61.1 Å². The van der Waals surface area contributed by atoms with Crippen molar-refractivity contribution < 1.29 is 4.74 Å². The first-order valence-electron chi connectivity index (χ1n) is 7.99. The van der Waals surface area contributed by atoms with Gasteiger partial charge < -0.3 is 10.1 Å². The number of aryl methyl sites for hydroxylation is 2. The fraction of sp³-hybridized carbons (Fsp3) is 0.333. The molecule has 2 aromatic heterocycles. The molecule has 0 spiro atoms. The molecule has 126 valence electrons. The molecule has 3 rings (SSSR count). The lowest BCUT2D eigenvalue weighted by Crippen LogP contribution is -2.28. The van der Waals surface area contributed by atoms with Crippen LogP contribution in [0.15, 0.2) is 47.4 Å². The van der Waals surface area contributed by atoms with Crippen LogP contribution in [0.4, 0.5) is 0 Å². The zero-order valence-corrected chi connectivity index (χ0v) is 14.2. The van der Waals surface area contributed by atoms with Crippen molar-refractivity contribution in [3.05, 3.63) is 58.6 Å². The van der Waals surface area contributed by atoms with Crippen molar-refractivity contribution in [2.75, 3.05) is 6.54 Å². The third-order valence-electron chi connectivity index (χ3n) is 4.06. The van der Waals surface area contributed by atoms with Crippen LogP contribution in [0.3, 0.4) is 0 Å². The summed E-state index contributed by atoms with van der Waals surface area (Å²) in [6.45, 7) is 3.43. The molecule has 2 heterocycles. The third kappa shape index (κ3) is 3.33. The zero-order valence-electron chi connectivity index (χ0n) is 14.2. The molecule has 1 aromatic carbocycles. The number of imidazole rings is 1. The molecule has 0 aliphatic rings. The minimum absolute atomic E-state index is 0.00695. The lowest BCUT2D eigenvalue weighted by molar-refractivity contribution is 0.208. The van der Waals surface area contributed by atoms with Crippen molar-refractivity contribution in [2.45, 2.75) is 19.6 Å². The Kier molecular flexibility index (Phi) is 4.66. The maximum absolute atomic E-state index is 12.0. The lowest BCUT2D eigenvalue weighted by atomic mass is 10.2. The van der Waals surface area contributed by atoms with E-state index in [1.807, 2.05) is 43.3 Å². The van der Waals surface area contributed by atoms with Gasteiger partial charge in [-0.15, -0.1) is 0 Å². The summed E-state index contributed by atoms with van der Waals surface area (Å²) in [4.78, 5) is 16.1. The maximum atomic E-state index is 12.0. The Morgan fingerprint density at radius 1 is 1.17 bits per heavy atom. The third-order valence-corrected chi connectivity index (χ3v) is 4.06. The van der Waals surface area contributed by atoms with Gasteiger partial charge in [-0.25, -0.2) is 9.78 Å². The highest BCUT2D eigenvalue weighted by molar-refractivity contribution is 5.76. The standard InChI is InChI=1S/C18H22N4O2/c1-13(24-17-6-4-5-9-20-17)11-19-12-14-7-8-15-16(10-14)22(3)18(23)21(15)2/h4-10,13,19H,11-12H2,1-3H3/t13-/m0/s1. The second-order valence-electron chi connectivity index (χ2n) is 5.95. The summed E-state index contributed by atoms with van der Waals surface area (Å²) in [6.07, 6.45) is 1.74. The van der Waals surface area contributed by atoms with Crippen molar-refractivity contribution in [1.29, 1.82) is 0 Å². The van der Waals surface area contributed by atoms with E-state index in [-0.39, 0.29) is 11.8 Å². The summed E-state index contributed by atoms with van der Waals surface area (Å²) in [5, 5.41) is 3.38. The van der Waals surface area contributed by atoms with Crippen LogP contribution in [0.1, 0.15) is 12.5 Å². The molecule has 0 amide bonds. The predicted molar refractivity (Wildman–Crippen MR) is 94.2 cm³/mol. The minimum Gasteiger partial charge on any atom is -0.473 e. The van der Waals surface area contributed by atoms with Gasteiger partial charge >= 0.3 is 5.69 Å². The van der Waals surface area contributed by atoms with Crippen LogP contribution in [-0.4, -0.2) is 26.8 Å². The van der Waals surface area contributed by atoms with E-state index in [2.05, 4.69) is 10.3 Å². The maximum Gasteiger partial charge on any atom is 0.328 e. The average molecular weight is 326 g/mol. The molecule has 6 nitrogen and oxygen atoms in total. The summed E-state index contributed by atoms with van der Waals surface area (Å²) in [5.41, 5.74) is 3.01. The molecular formula is C18H22N4O2. The fourth-order valence-corrected chi connectivity index (χ4v) is 2.75. The molecule has 0 saturated carbocycles. The minimum atomic E-state index is -0.00695. The van der Waals surface area contributed by atoms with E-state index in [0.29, 0.717) is 12.4 Å². The number of aromatic nitrogens is 3. The van der Waals surface area contributed by atoms with E-state index < -0.39 is 0 Å². The van der Waals surface area contributed by atoms with Gasteiger partial charge in [0.15, 0.2) is 0 Å². The number of ether oxygens (including phenoxy) is 1. The molecule has 1 atom stereocenters. The summed E-state index contributed by atoms with van der Waals surface area (Å²) in [6, 6.07) is 11.7. The summed E-state index contributed by atoms with van der Waals surface area (Å²) >= 11 is 0. The second-order valence-corrected chi connectivity index (χ2v) is 5.95. The number of pyridine rings is 1. The smallest absolute Gasteiger partial charge is 0.328 e. The van der Waals surface area contributed by atoms with E-state index in [1.165, 1.54) is 0 Å². The molecule has 0 radical (unpaired) electrons. The normalized spacial score (nSPS) is 12.5. The second kappa shape index (κ2) is 6.88. The van der Waals surface area contributed by atoms with Crippen LogP contribution in [0, 0.1) is 0 Å². The van der Waals surface area contributed by atoms with E-state index >= 15 is 0 Å². The number of nitrogens with zero attached hydrogens (tertiary/aromatic N) is 3. The van der Waals surface area contributed by atoms with Crippen LogP contribution < -0.4 is 15.7 Å². The Morgan fingerprint density at radius 2 is 1.96 bits per heavy atom. The Labute approximate surface area is 140 Å². The van der Waals surface area contributed by atoms with Gasteiger partial charge in [0.1, 0.15) is 6.10 Å². The highest BCUT2D eigenvalue weighted by Crippen LogP contribution is 2.14. The molecule has 0 saturated heterocycles. The van der Waals surface area contributed by atoms with Crippen molar-refractivity contribution in [2.24, 2.45) is 14.1 Å². The molecule has 1 N–H and O–H groups in total. The monoisotopic (exact) mass is 326 g/mol. The highest BCUT2D eigenvalue weighted by Gasteiger charge is 2.08. The molecule has 0 bridgehead atoms. The van der Waals surface area contributed by atoms with Gasteiger partial charge in [-0.1, -0.05) is 12.1 Å². The number of rotatable bonds is 6. The molecule has 0 fully saturated rings. The quantitative estimate of drug-likeness (QED) is 0.751. The Bertz CT molecular complexity index is 883. The van der Waals surface area contributed by atoms with Crippen LogP contribution >= 0.6 is 0 Å². The first-order chi connectivity index (χ1) is 11.6. The van der Waals surface area contributed by atoms with E-state index in [4.69, 9.17) is 4.74 Å².